The number of ketones is 1. The number of aromatic nitrogens is 2. The zero-order valence-corrected chi connectivity index (χ0v) is 22.4. The molecule has 7 nitrogen and oxygen atoms in total. The molecule has 0 aliphatic carbocycles. The molecule has 0 saturated carbocycles. The summed E-state index contributed by atoms with van der Waals surface area (Å²) in [7, 11) is 0. The number of esters is 1. The number of aliphatic hydroxyl groups excluding tert-OH is 2. The minimum Gasteiger partial charge on any atom is -0.455 e. The molecule has 2 aromatic rings. The van der Waals surface area contributed by atoms with Gasteiger partial charge in [-0.15, -0.1) is 11.3 Å². The highest BCUT2D eigenvalue weighted by Gasteiger charge is 2.42. The third-order valence-electron chi connectivity index (χ3n) is 6.86. The van der Waals surface area contributed by atoms with Gasteiger partial charge in [0.15, 0.2) is 0 Å². The van der Waals surface area contributed by atoms with Crippen LogP contribution in [-0.4, -0.2) is 44.1 Å². The molecule has 2 N–H and O–H groups in total. The Hall–Kier alpha value is -2.68. The van der Waals surface area contributed by atoms with Crippen LogP contribution in [0.3, 0.4) is 0 Å². The van der Waals surface area contributed by atoms with Crippen LogP contribution in [0.1, 0.15) is 65.7 Å². The summed E-state index contributed by atoms with van der Waals surface area (Å²) in [6.45, 7) is 8.72. The first-order valence-electron chi connectivity index (χ1n) is 12.3. The van der Waals surface area contributed by atoms with Crippen molar-refractivity contribution in [1.29, 1.82) is 0 Å². The first-order chi connectivity index (χ1) is 17.0. The summed E-state index contributed by atoms with van der Waals surface area (Å²) in [5, 5.41) is 24.2. The summed E-state index contributed by atoms with van der Waals surface area (Å²) in [6, 6.07) is 5.60. The number of carbonyl (C=O) groups is 2. The molecule has 5 atom stereocenters. The SMILES string of the molecule is C/C1=C/C[C@@H](c2csc(-c3ccccn3)n2)OC(=O)C[C@H](O)C(C)(C)C(=O)[C@H](C)[C@H](O)[C@@H](C)/C=C\C1. The summed E-state index contributed by atoms with van der Waals surface area (Å²) < 4.78 is 5.80. The number of pyridine rings is 1. The molecular weight excluding hydrogens is 476 g/mol. The smallest absolute Gasteiger partial charge is 0.309 e. The van der Waals surface area contributed by atoms with Crippen molar-refractivity contribution < 1.29 is 24.5 Å². The molecule has 36 heavy (non-hydrogen) atoms. The summed E-state index contributed by atoms with van der Waals surface area (Å²) in [4.78, 5) is 35.1. The standard InChI is InChI=1S/C28H36N2O5S/c1-17-9-8-10-18(2)25(33)19(3)26(34)28(4,5)23(31)15-24(32)35-22(13-12-17)21-16-36-27(30-21)20-11-6-7-14-29-20/h6-8,10-12,14,16,18-19,22-23,25,31,33H,9,13,15H2,1-5H3/b10-8-,17-12-/t18-,19+,22-,23-,25+/m0/s1. The van der Waals surface area contributed by atoms with Crippen LogP contribution in [0.4, 0.5) is 0 Å². The van der Waals surface area contributed by atoms with Gasteiger partial charge < -0.3 is 14.9 Å². The Morgan fingerprint density at radius 1 is 1.17 bits per heavy atom. The van der Waals surface area contributed by atoms with E-state index < -0.39 is 35.6 Å². The van der Waals surface area contributed by atoms with Crippen LogP contribution in [0.25, 0.3) is 10.7 Å². The molecule has 0 fully saturated rings. The van der Waals surface area contributed by atoms with E-state index in [9.17, 15) is 19.8 Å². The Bertz CT molecular complexity index is 1110. The fourth-order valence-electron chi connectivity index (χ4n) is 4.23. The molecule has 1 aliphatic heterocycles. The summed E-state index contributed by atoms with van der Waals surface area (Å²) >= 11 is 1.42. The van der Waals surface area contributed by atoms with Crippen molar-refractivity contribution in [3.8, 4) is 10.7 Å². The number of ether oxygens (including phenoxy) is 1. The molecule has 0 unspecified atom stereocenters. The van der Waals surface area contributed by atoms with Gasteiger partial charge in [-0.1, -0.05) is 57.6 Å². The topological polar surface area (TPSA) is 110 Å². The fourth-order valence-corrected chi connectivity index (χ4v) is 5.06. The number of hydrogen-bond donors (Lipinski definition) is 2. The van der Waals surface area contributed by atoms with Gasteiger partial charge in [-0.2, -0.15) is 0 Å². The van der Waals surface area contributed by atoms with Gasteiger partial charge in [-0.05, 0) is 25.5 Å². The van der Waals surface area contributed by atoms with Gasteiger partial charge in [-0.25, -0.2) is 4.98 Å². The summed E-state index contributed by atoms with van der Waals surface area (Å²) in [6.07, 6.45) is 5.57. The average molecular weight is 513 g/mol. The van der Waals surface area contributed by atoms with E-state index in [4.69, 9.17) is 4.74 Å². The van der Waals surface area contributed by atoms with Crippen LogP contribution in [0.5, 0.6) is 0 Å². The number of aliphatic hydroxyl groups is 2. The molecule has 3 heterocycles. The van der Waals surface area contributed by atoms with Crippen molar-refractivity contribution in [2.24, 2.45) is 17.3 Å². The highest BCUT2D eigenvalue weighted by molar-refractivity contribution is 7.13. The number of cyclic esters (lactones) is 1. The molecule has 1 aliphatic rings. The number of nitrogens with zero attached hydrogens (tertiary/aromatic N) is 2. The maximum Gasteiger partial charge on any atom is 0.309 e. The average Bonchev–Trinajstić information content (AvgIpc) is 3.35. The maximum absolute atomic E-state index is 13.2. The first kappa shape index (κ1) is 27.9. The molecular formula is C28H36N2O5S. The van der Waals surface area contributed by atoms with Crippen molar-refractivity contribution in [2.45, 2.75) is 72.2 Å². The second kappa shape index (κ2) is 12.0. The molecule has 8 heteroatoms. The number of hydrogen-bond acceptors (Lipinski definition) is 8. The van der Waals surface area contributed by atoms with Crippen molar-refractivity contribution in [3.63, 3.8) is 0 Å². The third-order valence-corrected chi connectivity index (χ3v) is 7.75. The first-order valence-corrected chi connectivity index (χ1v) is 13.2. The van der Waals surface area contributed by atoms with E-state index in [1.54, 1.807) is 27.0 Å². The Morgan fingerprint density at radius 3 is 2.61 bits per heavy atom. The van der Waals surface area contributed by atoms with Crippen molar-refractivity contribution in [1.82, 2.24) is 9.97 Å². The molecule has 0 radical (unpaired) electrons. The van der Waals surface area contributed by atoms with Crippen LogP contribution in [-0.2, 0) is 14.3 Å². The van der Waals surface area contributed by atoms with Gasteiger partial charge in [0.05, 0.1) is 35.4 Å². The van der Waals surface area contributed by atoms with E-state index in [1.807, 2.05) is 55.7 Å². The van der Waals surface area contributed by atoms with E-state index in [0.717, 1.165) is 16.3 Å². The lowest BCUT2D eigenvalue weighted by molar-refractivity contribution is -0.156. The second-order valence-corrected chi connectivity index (χ2v) is 11.0. The zero-order chi connectivity index (χ0) is 26.5. The van der Waals surface area contributed by atoms with Crippen LogP contribution in [0.15, 0.2) is 53.6 Å². The normalized spacial score (nSPS) is 30.8. The number of rotatable bonds is 2. The second-order valence-electron chi connectivity index (χ2n) is 10.1. The molecule has 0 spiro atoms. The lowest BCUT2D eigenvalue weighted by atomic mass is 9.73. The number of thiazole rings is 1. The van der Waals surface area contributed by atoms with Gasteiger partial charge in [0.1, 0.15) is 16.9 Å². The maximum atomic E-state index is 13.2. The Labute approximate surface area is 217 Å². The monoisotopic (exact) mass is 512 g/mol. The van der Waals surface area contributed by atoms with Crippen LogP contribution < -0.4 is 0 Å². The number of allylic oxidation sites excluding steroid dienone is 2. The van der Waals surface area contributed by atoms with Crippen LogP contribution >= 0.6 is 11.3 Å². The predicted molar refractivity (Wildman–Crippen MR) is 140 cm³/mol. The summed E-state index contributed by atoms with van der Waals surface area (Å²) in [5.41, 5.74) is 1.20. The fraction of sp³-hybridized carbons (Fsp3) is 0.500. The molecule has 0 aromatic carbocycles. The quantitative estimate of drug-likeness (QED) is 0.427. The Kier molecular flexibility index (Phi) is 9.33. The van der Waals surface area contributed by atoms with Gasteiger partial charge >= 0.3 is 5.97 Å². The highest BCUT2D eigenvalue weighted by atomic mass is 32.1. The van der Waals surface area contributed by atoms with E-state index in [0.29, 0.717) is 18.5 Å². The minimum absolute atomic E-state index is 0.240. The molecule has 194 valence electrons. The highest BCUT2D eigenvalue weighted by Crippen LogP contribution is 2.33. The third kappa shape index (κ3) is 6.75. The van der Waals surface area contributed by atoms with Gasteiger partial charge in [-0.3, -0.25) is 14.6 Å². The molecule has 3 rings (SSSR count). The lowest BCUT2D eigenvalue weighted by Crippen LogP contribution is -2.45. The Balaban J connectivity index is 1.91. The van der Waals surface area contributed by atoms with Crippen LogP contribution in [0, 0.1) is 17.3 Å². The summed E-state index contributed by atoms with van der Waals surface area (Å²) in [5.74, 6) is -1.85. The molecule has 0 bridgehead atoms. The van der Waals surface area contributed by atoms with Gasteiger partial charge in [0.2, 0.25) is 0 Å². The van der Waals surface area contributed by atoms with Crippen molar-refractivity contribution in [2.75, 3.05) is 0 Å². The largest absolute Gasteiger partial charge is 0.455 e. The number of Topliss-reactive ketones (excluding diaryl/α,β-unsaturated/α-hetero) is 1. The van der Waals surface area contributed by atoms with Crippen LogP contribution in [0.2, 0.25) is 0 Å². The van der Waals surface area contributed by atoms with E-state index in [1.165, 1.54) is 11.3 Å². The lowest BCUT2D eigenvalue weighted by Gasteiger charge is -2.34. The van der Waals surface area contributed by atoms with E-state index >= 15 is 0 Å². The zero-order valence-electron chi connectivity index (χ0n) is 21.5. The molecule has 0 saturated heterocycles. The Morgan fingerprint density at radius 2 is 1.92 bits per heavy atom. The van der Waals surface area contributed by atoms with Gasteiger partial charge in [0, 0.05) is 29.8 Å². The van der Waals surface area contributed by atoms with E-state index in [-0.39, 0.29) is 18.1 Å². The van der Waals surface area contributed by atoms with E-state index in [2.05, 4.69) is 9.97 Å². The molecule has 0 amide bonds. The number of carbonyl (C=O) groups excluding carboxylic acids is 2. The minimum atomic E-state index is -1.26. The van der Waals surface area contributed by atoms with Gasteiger partial charge in [0.25, 0.3) is 0 Å². The predicted octanol–water partition coefficient (Wildman–Crippen LogP) is 5.07. The van der Waals surface area contributed by atoms with Crippen molar-refractivity contribution >= 4 is 23.1 Å². The molecule has 2 aromatic heterocycles. The van der Waals surface area contributed by atoms with Crippen molar-refractivity contribution in [3.05, 3.63) is 59.3 Å².